The van der Waals surface area contributed by atoms with Crippen LogP contribution in [0.15, 0.2) is 48.5 Å². The first-order valence-electron chi connectivity index (χ1n) is 7.47. The van der Waals surface area contributed by atoms with Gasteiger partial charge in [0.15, 0.2) is 0 Å². The second-order valence-corrected chi connectivity index (χ2v) is 5.70. The first kappa shape index (κ1) is 14.9. The van der Waals surface area contributed by atoms with Crippen LogP contribution in [-0.4, -0.2) is 10.9 Å². The lowest BCUT2D eigenvalue weighted by molar-refractivity contribution is 0.0935. The summed E-state index contributed by atoms with van der Waals surface area (Å²) in [5.74, 6) is -0.143. The van der Waals surface area contributed by atoms with E-state index in [1.807, 2.05) is 50.2 Å². The highest BCUT2D eigenvalue weighted by Crippen LogP contribution is 2.18. The Bertz CT molecular complexity index is 901. The summed E-state index contributed by atoms with van der Waals surface area (Å²) < 4.78 is 0. The quantitative estimate of drug-likeness (QED) is 0.772. The molecule has 23 heavy (non-hydrogen) atoms. The van der Waals surface area contributed by atoms with Gasteiger partial charge in [0.05, 0.1) is 17.7 Å². The number of amides is 1. The third-order valence-corrected chi connectivity index (χ3v) is 3.91. The molecule has 2 aromatic carbocycles. The molecule has 3 aromatic rings. The average Bonchev–Trinajstić information content (AvgIpc) is 2.98. The van der Waals surface area contributed by atoms with Gasteiger partial charge in [0.25, 0.3) is 5.91 Å². The molecule has 1 unspecified atom stereocenters. The Kier molecular flexibility index (Phi) is 3.86. The van der Waals surface area contributed by atoms with Crippen molar-refractivity contribution < 1.29 is 4.79 Å². The molecule has 0 bridgehead atoms. The second-order valence-electron chi connectivity index (χ2n) is 5.70. The minimum absolute atomic E-state index is 0.136. The minimum Gasteiger partial charge on any atom is -0.351 e. The van der Waals surface area contributed by atoms with E-state index in [0.29, 0.717) is 11.3 Å². The summed E-state index contributed by atoms with van der Waals surface area (Å²) in [6.07, 6.45) is 0. The highest BCUT2D eigenvalue weighted by atomic mass is 16.1. The van der Waals surface area contributed by atoms with Crippen LogP contribution in [0, 0.1) is 18.3 Å². The first-order valence-corrected chi connectivity index (χ1v) is 7.47. The number of fused-ring (bicyclic) bond motifs is 1. The molecule has 0 spiro atoms. The van der Waals surface area contributed by atoms with Gasteiger partial charge in [0.1, 0.15) is 5.69 Å². The lowest BCUT2D eigenvalue weighted by atomic mass is 10.1. The summed E-state index contributed by atoms with van der Waals surface area (Å²) >= 11 is 0. The maximum absolute atomic E-state index is 12.4. The van der Waals surface area contributed by atoms with Crippen molar-refractivity contribution in [3.05, 3.63) is 70.9 Å². The summed E-state index contributed by atoms with van der Waals surface area (Å²) in [5.41, 5.74) is 4.23. The maximum atomic E-state index is 12.4. The van der Waals surface area contributed by atoms with Crippen LogP contribution in [0.4, 0.5) is 0 Å². The smallest absolute Gasteiger partial charge is 0.268 e. The predicted octanol–water partition coefficient (Wildman–Crippen LogP) is 3.84. The molecule has 2 N–H and O–H groups in total. The van der Waals surface area contributed by atoms with Crippen LogP contribution >= 0.6 is 0 Å². The number of rotatable bonds is 3. The molecule has 1 heterocycles. The van der Waals surface area contributed by atoms with Crippen molar-refractivity contribution >= 4 is 16.8 Å². The summed E-state index contributed by atoms with van der Waals surface area (Å²) in [6.45, 7) is 3.94. The third kappa shape index (κ3) is 3.09. The topological polar surface area (TPSA) is 68.7 Å². The van der Waals surface area contributed by atoms with Crippen LogP contribution in [0.1, 0.15) is 40.1 Å². The number of hydrogen-bond donors (Lipinski definition) is 2. The third-order valence-electron chi connectivity index (χ3n) is 3.91. The van der Waals surface area contributed by atoms with Gasteiger partial charge in [0, 0.05) is 10.9 Å². The highest BCUT2D eigenvalue weighted by molar-refractivity contribution is 5.98. The van der Waals surface area contributed by atoms with E-state index in [1.54, 1.807) is 12.1 Å². The molecule has 0 fully saturated rings. The molecule has 0 saturated carbocycles. The lowest BCUT2D eigenvalue weighted by Gasteiger charge is -2.13. The molecule has 0 saturated heterocycles. The average molecular weight is 303 g/mol. The van der Waals surface area contributed by atoms with Gasteiger partial charge in [-0.15, -0.1) is 0 Å². The lowest BCUT2D eigenvalue weighted by Crippen LogP contribution is -2.26. The van der Waals surface area contributed by atoms with E-state index in [0.717, 1.165) is 22.0 Å². The van der Waals surface area contributed by atoms with Gasteiger partial charge < -0.3 is 10.3 Å². The Balaban J connectivity index is 1.77. The fourth-order valence-corrected chi connectivity index (χ4v) is 2.57. The fourth-order valence-electron chi connectivity index (χ4n) is 2.57. The van der Waals surface area contributed by atoms with Crippen molar-refractivity contribution in [2.45, 2.75) is 19.9 Å². The molecule has 0 radical (unpaired) electrons. The number of hydrogen-bond acceptors (Lipinski definition) is 2. The summed E-state index contributed by atoms with van der Waals surface area (Å²) in [7, 11) is 0. The Morgan fingerprint density at radius 2 is 1.91 bits per heavy atom. The van der Waals surface area contributed by atoms with Gasteiger partial charge >= 0.3 is 0 Å². The summed E-state index contributed by atoms with van der Waals surface area (Å²) in [4.78, 5) is 15.6. The van der Waals surface area contributed by atoms with Crippen LogP contribution in [0.2, 0.25) is 0 Å². The van der Waals surface area contributed by atoms with Crippen molar-refractivity contribution in [3.63, 3.8) is 0 Å². The number of nitrogens with one attached hydrogen (secondary N) is 2. The molecule has 3 rings (SSSR count). The second kappa shape index (κ2) is 5.98. The Morgan fingerprint density at radius 1 is 1.17 bits per heavy atom. The number of H-pyrrole nitrogens is 1. The van der Waals surface area contributed by atoms with Crippen LogP contribution in [0.25, 0.3) is 10.9 Å². The van der Waals surface area contributed by atoms with E-state index in [-0.39, 0.29) is 11.9 Å². The zero-order valence-corrected chi connectivity index (χ0v) is 13.1. The molecule has 1 amide bonds. The molecule has 1 aromatic heterocycles. The molecule has 0 aliphatic carbocycles. The van der Waals surface area contributed by atoms with E-state index in [2.05, 4.69) is 16.4 Å². The number of nitriles is 1. The number of aromatic amines is 1. The van der Waals surface area contributed by atoms with E-state index < -0.39 is 0 Å². The molecular weight excluding hydrogens is 286 g/mol. The van der Waals surface area contributed by atoms with Gasteiger partial charge in [-0.25, -0.2) is 0 Å². The zero-order chi connectivity index (χ0) is 16.4. The molecule has 4 heteroatoms. The molecule has 1 atom stereocenters. The number of carbonyl (C=O) groups is 1. The molecule has 114 valence electrons. The van der Waals surface area contributed by atoms with Crippen molar-refractivity contribution in [1.29, 1.82) is 5.26 Å². The summed E-state index contributed by atoms with van der Waals surface area (Å²) in [5, 5.41) is 12.8. The van der Waals surface area contributed by atoms with Gasteiger partial charge in [-0.05, 0) is 49.2 Å². The number of aromatic nitrogens is 1. The normalized spacial score (nSPS) is 11.9. The predicted molar refractivity (Wildman–Crippen MR) is 90.1 cm³/mol. The monoisotopic (exact) mass is 303 g/mol. The van der Waals surface area contributed by atoms with E-state index in [9.17, 15) is 4.79 Å². The Hall–Kier alpha value is -3.06. The van der Waals surface area contributed by atoms with Crippen LogP contribution in [0.3, 0.4) is 0 Å². The van der Waals surface area contributed by atoms with Crippen LogP contribution < -0.4 is 5.32 Å². The largest absolute Gasteiger partial charge is 0.351 e. The molecule has 0 aliphatic heterocycles. The van der Waals surface area contributed by atoms with Crippen molar-refractivity contribution in [3.8, 4) is 6.07 Å². The van der Waals surface area contributed by atoms with E-state index >= 15 is 0 Å². The van der Waals surface area contributed by atoms with Gasteiger partial charge in [-0.1, -0.05) is 24.3 Å². The molecule has 4 nitrogen and oxygen atoms in total. The van der Waals surface area contributed by atoms with Crippen LogP contribution in [0.5, 0.6) is 0 Å². The van der Waals surface area contributed by atoms with E-state index in [1.165, 1.54) is 0 Å². The maximum Gasteiger partial charge on any atom is 0.268 e. The standard InChI is InChI=1S/C19H17N3O/c1-12-3-6-16-10-18(22-17(16)9-12)19(23)21-13(2)15-7-4-14(11-20)5-8-15/h3-10,13,22H,1-2H3,(H,21,23). The Labute approximate surface area is 134 Å². The van der Waals surface area contributed by atoms with Gasteiger partial charge in [0.2, 0.25) is 0 Å². The number of aryl methyl sites for hydroxylation is 1. The van der Waals surface area contributed by atoms with Crippen molar-refractivity contribution in [2.24, 2.45) is 0 Å². The van der Waals surface area contributed by atoms with E-state index in [4.69, 9.17) is 5.26 Å². The minimum atomic E-state index is -0.143. The molecular formula is C19H17N3O. The number of carbonyl (C=O) groups excluding carboxylic acids is 1. The van der Waals surface area contributed by atoms with Gasteiger partial charge in [-0.2, -0.15) is 5.26 Å². The van der Waals surface area contributed by atoms with Gasteiger partial charge in [-0.3, -0.25) is 4.79 Å². The first-order chi connectivity index (χ1) is 11.1. The highest BCUT2D eigenvalue weighted by Gasteiger charge is 2.13. The SMILES string of the molecule is Cc1ccc2cc(C(=O)NC(C)c3ccc(C#N)cc3)[nH]c2c1. The zero-order valence-electron chi connectivity index (χ0n) is 13.1. The fraction of sp³-hybridized carbons (Fsp3) is 0.158. The number of nitrogens with zero attached hydrogens (tertiary/aromatic N) is 1. The van der Waals surface area contributed by atoms with Crippen LogP contribution in [-0.2, 0) is 0 Å². The number of benzene rings is 2. The van der Waals surface area contributed by atoms with Crippen molar-refractivity contribution in [1.82, 2.24) is 10.3 Å². The molecule has 0 aliphatic rings. The Morgan fingerprint density at radius 3 is 2.61 bits per heavy atom. The summed E-state index contributed by atoms with van der Waals surface area (Å²) in [6, 6.07) is 17.1. The van der Waals surface area contributed by atoms with Crippen molar-refractivity contribution in [2.75, 3.05) is 0 Å².